The van der Waals surface area contributed by atoms with Crippen molar-refractivity contribution in [3.8, 4) is 0 Å². The summed E-state index contributed by atoms with van der Waals surface area (Å²) >= 11 is 5.89. The summed E-state index contributed by atoms with van der Waals surface area (Å²) in [6.45, 7) is 1.70. The second-order valence-corrected chi connectivity index (χ2v) is 6.42. The molecule has 110 valence electrons. The van der Waals surface area contributed by atoms with E-state index in [-0.39, 0.29) is 22.5 Å². The molecule has 3 rings (SSSR count). The van der Waals surface area contributed by atoms with Crippen LogP contribution in [0.2, 0.25) is 5.02 Å². The van der Waals surface area contributed by atoms with Gasteiger partial charge in [0.05, 0.1) is 16.7 Å². The predicted octanol–water partition coefficient (Wildman–Crippen LogP) is 4.23. The molecule has 0 amide bonds. The zero-order valence-corrected chi connectivity index (χ0v) is 12.4. The molecule has 2 aliphatic rings. The van der Waals surface area contributed by atoms with E-state index in [9.17, 15) is 4.39 Å². The quantitative estimate of drug-likeness (QED) is 0.837. The first kappa shape index (κ1) is 14.3. The molecule has 1 saturated heterocycles. The van der Waals surface area contributed by atoms with E-state index in [1.807, 2.05) is 0 Å². The van der Waals surface area contributed by atoms with Crippen LogP contribution in [0.25, 0.3) is 0 Å². The number of rotatable bonds is 1. The summed E-state index contributed by atoms with van der Waals surface area (Å²) in [4.78, 5) is 0. The average molecular weight is 298 g/mol. The number of hydrogen-bond donors (Lipinski definition) is 1. The summed E-state index contributed by atoms with van der Waals surface area (Å²) in [5, 5.41) is 3.67. The Morgan fingerprint density at radius 1 is 1.20 bits per heavy atom. The van der Waals surface area contributed by atoms with Gasteiger partial charge in [0.1, 0.15) is 5.82 Å². The van der Waals surface area contributed by atoms with Crippen molar-refractivity contribution in [1.82, 2.24) is 5.32 Å². The Balaban J connectivity index is 1.78. The fourth-order valence-electron chi connectivity index (χ4n) is 3.38. The van der Waals surface area contributed by atoms with E-state index < -0.39 is 0 Å². The largest absolute Gasteiger partial charge is 0.364 e. The lowest BCUT2D eigenvalue weighted by atomic mass is 9.91. The van der Waals surface area contributed by atoms with Crippen LogP contribution >= 0.6 is 11.6 Å². The number of hydrogen-bond acceptors (Lipinski definition) is 2. The van der Waals surface area contributed by atoms with Crippen molar-refractivity contribution in [3.63, 3.8) is 0 Å². The summed E-state index contributed by atoms with van der Waals surface area (Å²) in [6.07, 6.45) is 7.28. The molecule has 2 fully saturated rings. The van der Waals surface area contributed by atoms with Gasteiger partial charge in [-0.3, -0.25) is 0 Å². The standard InChI is InChI=1S/C16H21ClFNO/c17-13-9-12(5-6-14(13)18)15-10-19-11-16(20-15)7-3-1-2-4-8-16/h5-6,9,15,19H,1-4,7-8,10-11H2. The molecule has 1 unspecified atom stereocenters. The monoisotopic (exact) mass is 297 g/mol. The summed E-state index contributed by atoms with van der Waals surface area (Å²) in [5.41, 5.74) is 0.924. The summed E-state index contributed by atoms with van der Waals surface area (Å²) in [5.74, 6) is -0.372. The molecular formula is C16H21ClFNO. The Kier molecular flexibility index (Phi) is 4.29. The second kappa shape index (κ2) is 6.00. The van der Waals surface area contributed by atoms with E-state index in [1.54, 1.807) is 12.1 Å². The number of halogens is 2. The number of ether oxygens (including phenoxy) is 1. The molecule has 0 aromatic heterocycles. The third-order valence-electron chi connectivity index (χ3n) is 4.50. The first-order valence-corrected chi connectivity index (χ1v) is 7.90. The zero-order chi connectivity index (χ0) is 14.0. The molecule has 20 heavy (non-hydrogen) atoms. The molecule has 1 atom stereocenters. The molecule has 1 aromatic carbocycles. The highest BCUT2D eigenvalue weighted by molar-refractivity contribution is 6.30. The summed E-state index contributed by atoms with van der Waals surface area (Å²) in [7, 11) is 0. The molecule has 1 aliphatic heterocycles. The lowest BCUT2D eigenvalue weighted by molar-refractivity contribution is -0.126. The van der Waals surface area contributed by atoms with E-state index in [1.165, 1.54) is 31.7 Å². The van der Waals surface area contributed by atoms with Gasteiger partial charge in [0, 0.05) is 13.1 Å². The molecular weight excluding hydrogens is 277 g/mol. The minimum Gasteiger partial charge on any atom is -0.364 e. The van der Waals surface area contributed by atoms with Gasteiger partial charge in [0.25, 0.3) is 0 Å². The van der Waals surface area contributed by atoms with Crippen molar-refractivity contribution in [2.45, 2.75) is 50.2 Å². The molecule has 1 aliphatic carbocycles. The number of benzene rings is 1. The Labute approximate surface area is 124 Å². The van der Waals surface area contributed by atoms with Crippen molar-refractivity contribution >= 4 is 11.6 Å². The minimum atomic E-state index is -0.372. The molecule has 1 saturated carbocycles. The van der Waals surface area contributed by atoms with E-state index in [2.05, 4.69) is 5.32 Å². The van der Waals surface area contributed by atoms with Crippen molar-refractivity contribution in [1.29, 1.82) is 0 Å². The molecule has 1 aromatic rings. The fourth-order valence-corrected chi connectivity index (χ4v) is 3.57. The lowest BCUT2D eigenvalue weighted by Crippen LogP contribution is -2.50. The topological polar surface area (TPSA) is 21.3 Å². The summed E-state index contributed by atoms with van der Waals surface area (Å²) in [6, 6.07) is 4.90. The maximum Gasteiger partial charge on any atom is 0.141 e. The van der Waals surface area contributed by atoms with Crippen LogP contribution in [0.15, 0.2) is 18.2 Å². The Morgan fingerprint density at radius 3 is 2.65 bits per heavy atom. The molecule has 0 radical (unpaired) electrons. The van der Waals surface area contributed by atoms with Gasteiger partial charge >= 0.3 is 0 Å². The molecule has 1 spiro atoms. The lowest BCUT2D eigenvalue weighted by Gasteiger charge is -2.41. The van der Waals surface area contributed by atoms with Crippen LogP contribution in [-0.2, 0) is 4.74 Å². The number of morpholine rings is 1. The maximum absolute atomic E-state index is 13.3. The molecule has 4 heteroatoms. The highest BCUT2D eigenvalue weighted by Gasteiger charge is 2.37. The third kappa shape index (κ3) is 3.00. The Morgan fingerprint density at radius 2 is 1.95 bits per heavy atom. The normalized spacial score (nSPS) is 26.4. The van der Waals surface area contributed by atoms with Crippen LogP contribution < -0.4 is 5.32 Å². The smallest absolute Gasteiger partial charge is 0.141 e. The van der Waals surface area contributed by atoms with Crippen LogP contribution in [0.1, 0.15) is 50.2 Å². The Bertz CT molecular complexity index is 472. The second-order valence-electron chi connectivity index (χ2n) is 6.01. The van der Waals surface area contributed by atoms with Crippen molar-refractivity contribution in [3.05, 3.63) is 34.6 Å². The predicted molar refractivity (Wildman–Crippen MR) is 78.5 cm³/mol. The molecule has 1 heterocycles. The molecule has 1 N–H and O–H groups in total. The average Bonchev–Trinajstić information content (AvgIpc) is 2.68. The van der Waals surface area contributed by atoms with E-state index >= 15 is 0 Å². The zero-order valence-electron chi connectivity index (χ0n) is 11.6. The van der Waals surface area contributed by atoms with Gasteiger partial charge in [-0.2, -0.15) is 0 Å². The van der Waals surface area contributed by atoms with Gasteiger partial charge < -0.3 is 10.1 Å². The van der Waals surface area contributed by atoms with E-state index in [0.29, 0.717) is 0 Å². The van der Waals surface area contributed by atoms with E-state index in [0.717, 1.165) is 31.5 Å². The maximum atomic E-state index is 13.3. The fraction of sp³-hybridized carbons (Fsp3) is 0.625. The highest BCUT2D eigenvalue weighted by atomic mass is 35.5. The summed E-state index contributed by atoms with van der Waals surface area (Å²) < 4.78 is 19.7. The van der Waals surface area contributed by atoms with Crippen LogP contribution in [0, 0.1) is 5.82 Å². The highest BCUT2D eigenvalue weighted by Crippen LogP contribution is 2.37. The van der Waals surface area contributed by atoms with Gasteiger partial charge in [-0.1, -0.05) is 43.4 Å². The van der Waals surface area contributed by atoms with Gasteiger partial charge in [0.15, 0.2) is 0 Å². The first-order valence-electron chi connectivity index (χ1n) is 7.52. The van der Waals surface area contributed by atoms with E-state index in [4.69, 9.17) is 16.3 Å². The Hall–Kier alpha value is -0.640. The molecule has 2 nitrogen and oxygen atoms in total. The van der Waals surface area contributed by atoms with Crippen LogP contribution in [0.5, 0.6) is 0 Å². The van der Waals surface area contributed by atoms with Gasteiger partial charge in [-0.25, -0.2) is 4.39 Å². The molecule has 0 bridgehead atoms. The van der Waals surface area contributed by atoms with Gasteiger partial charge in [0.2, 0.25) is 0 Å². The van der Waals surface area contributed by atoms with Crippen molar-refractivity contribution in [2.75, 3.05) is 13.1 Å². The first-order chi connectivity index (χ1) is 9.69. The number of nitrogens with one attached hydrogen (secondary N) is 1. The van der Waals surface area contributed by atoms with Crippen LogP contribution in [0.3, 0.4) is 0 Å². The van der Waals surface area contributed by atoms with Crippen LogP contribution in [0.4, 0.5) is 4.39 Å². The van der Waals surface area contributed by atoms with Crippen LogP contribution in [-0.4, -0.2) is 18.7 Å². The van der Waals surface area contributed by atoms with Gasteiger partial charge in [-0.05, 0) is 30.5 Å². The van der Waals surface area contributed by atoms with Crippen molar-refractivity contribution < 1.29 is 9.13 Å². The van der Waals surface area contributed by atoms with Gasteiger partial charge in [-0.15, -0.1) is 0 Å². The van der Waals surface area contributed by atoms with Crippen molar-refractivity contribution in [2.24, 2.45) is 0 Å². The minimum absolute atomic E-state index is 0.0278. The third-order valence-corrected chi connectivity index (χ3v) is 4.79. The SMILES string of the molecule is Fc1ccc(C2CNCC3(CCCCCC3)O2)cc1Cl.